The number of aromatic nitrogens is 2. The van der Waals surface area contributed by atoms with E-state index in [2.05, 4.69) is 88.7 Å². The average Bonchev–Trinajstić information content (AvgIpc) is 2.77. The summed E-state index contributed by atoms with van der Waals surface area (Å²) in [6, 6.07) is 12.2. The molecule has 1 aromatic heterocycles. The molecule has 0 saturated heterocycles. The van der Waals surface area contributed by atoms with E-state index in [1.807, 2.05) is 12.1 Å². The van der Waals surface area contributed by atoms with Crippen LogP contribution in [0.4, 0.5) is 0 Å². The summed E-state index contributed by atoms with van der Waals surface area (Å²) in [5.74, 6) is 0. The number of rotatable bonds is 2. The zero-order chi connectivity index (χ0) is 14.3. The summed E-state index contributed by atoms with van der Waals surface area (Å²) in [6.07, 6.45) is 0. The van der Waals surface area contributed by atoms with Crippen molar-refractivity contribution in [1.29, 1.82) is 0 Å². The van der Waals surface area contributed by atoms with E-state index in [0.29, 0.717) is 0 Å². The van der Waals surface area contributed by atoms with Crippen molar-refractivity contribution in [1.82, 2.24) is 9.97 Å². The van der Waals surface area contributed by atoms with Gasteiger partial charge >= 0.3 is 5.69 Å². The fourth-order valence-electron chi connectivity index (χ4n) is 2.08. The second kappa shape index (κ2) is 5.65. The number of halogens is 3. The quantitative estimate of drug-likeness (QED) is 0.383. The lowest BCUT2D eigenvalue weighted by Crippen LogP contribution is -1.99. The third-order valence-electron chi connectivity index (χ3n) is 3.07. The van der Waals surface area contributed by atoms with Crippen LogP contribution in [0.25, 0.3) is 11.0 Å². The lowest BCUT2D eigenvalue weighted by atomic mass is 10.0. The molecule has 0 bridgehead atoms. The normalized spacial score (nSPS) is 12.8. The Bertz CT molecular complexity index is 823. The third-order valence-corrected chi connectivity index (χ3v) is 5.50. The molecule has 3 aromatic rings. The van der Waals surface area contributed by atoms with Gasteiger partial charge in [-0.25, -0.2) is 4.79 Å². The van der Waals surface area contributed by atoms with E-state index in [1.54, 1.807) is 0 Å². The summed E-state index contributed by atoms with van der Waals surface area (Å²) >= 11 is 9.59. The van der Waals surface area contributed by atoms with Crippen LogP contribution in [0, 0.1) is 3.57 Å². The van der Waals surface area contributed by atoms with E-state index < -0.39 is 0 Å². The van der Waals surface area contributed by atoms with Gasteiger partial charge in [-0.2, -0.15) is 0 Å². The van der Waals surface area contributed by atoms with Crippen LogP contribution in [0.15, 0.2) is 45.7 Å². The molecule has 6 heteroatoms. The van der Waals surface area contributed by atoms with Crippen molar-refractivity contribution < 1.29 is 0 Å². The van der Waals surface area contributed by atoms with Crippen molar-refractivity contribution >= 4 is 65.5 Å². The minimum Gasteiger partial charge on any atom is -0.306 e. The molecule has 0 aliphatic heterocycles. The smallest absolute Gasteiger partial charge is 0.306 e. The Morgan fingerprint density at radius 1 is 1.05 bits per heavy atom. The van der Waals surface area contributed by atoms with Gasteiger partial charge in [0.15, 0.2) is 0 Å². The van der Waals surface area contributed by atoms with Gasteiger partial charge < -0.3 is 9.97 Å². The standard InChI is InChI=1S/C14H9Br2IN2O/c15-10-6-12-11(18-14(20)19-12)5-9(10)13(16)7-1-3-8(17)4-2-7/h1-6,13H,(H2,18,19,20). The number of hydrogen-bond acceptors (Lipinski definition) is 1. The molecule has 2 aromatic carbocycles. The van der Waals surface area contributed by atoms with Crippen LogP contribution in [-0.4, -0.2) is 9.97 Å². The van der Waals surface area contributed by atoms with Gasteiger partial charge in [0.05, 0.1) is 15.9 Å². The molecule has 0 fully saturated rings. The Morgan fingerprint density at radius 3 is 2.30 bits per heavy atom. The monoisotopic (exact) mass is 506 g/mol. The summed E-state index contributed by atoms with van der Waals surface area (Å²) in [5.41, 5.74) is 3.66. The van der Waals surface area contributed by atoms with E-state index in [9.17, 15) is 4.79 Å². The number of alkyl halides is 1. The summed E-state index contributed by atoms with van der Waals surface area (Å²) < 4.78 is 2.16. The van der Waals surface area contributed by atoms with Gasteiger partial charge in [-0.3, -0.25) is 0 Å². The molecule has 0 saturated carbocycles. The molecular weight excluding hydrogens is 499 g/mol. The highest BCUT2D eigenvalue weighted by Crippen LogP contribution is 2.36. The lowest BCUT2D eigenvalue weighted by molar-refractivity contribution is 1.17. The van der Waals surface area contributed by atoms with Crippen LogP contribution in [0.3, 0.4) is 0 Å². The van der Waals surface area contributed by atoms with Crippen molar-refractivity contribution in [2.75, 3.05) is 0 Å². The SMILES string of the molecule is O=c1[nH]c2cc(Br)c(C(Br)c3ccc(I)cc3)cc2[nH]1. The molecule has 1 unspecified atom stereocenters. The van der Waals surface area contributed by atoms with Gasteiger partial charge in [0.2, 0.25) is 0 Å². The number of fused-ring (bicyclic) bond motifs is 1. The maximum Gasteiger partial charge on any atom is 0.323 e. The van der Waals surface area contributed by atoms with Gasteiger partial charge in [-0.1, -0.05) is 44.0 Å². The topological polar surface area (TPSA) is 48.6 Å². The zero-order valence-corrected chi connectivity index (χ0v) is 15.4. The first kappa shape index (κ1) is 14.3. The minimum atomic E-state index is -0.190. The van der Waals surface area contributed by atoms with Crippen LogP contribution >= 0.6 is 54.5 Å². The molecule has 0 aliphatic carbocycles. The predicted molar refractivity (Wildman–Crippen MR) is 96.5 cm³/mol. The number of H-pyrrole nitrogens is 2. The summed E-state index contributed by atoms with van der Waals surface area (Å²) in [6.45, 7) is 0. The van der Waals surface area contributed by atoms with E-state index >= 15 is 0 Å². The molecule has 0 aliphatic rings. The van der Waals surface area contributed by atoms with E-state index in [1.165, 1.54) is 9.13 Å². The Morgan fingerprint density at radius 2 is 1.65 bits per heavy atom. The van der Waals surface area contributed by atoms with Gasteiger partial charge in [0, 0.05) is 8.04 Å². The Balaban J connectivity index is 2.10. The highest BCUT2D eigenvalue weighted by molar-refractivity contribution is 14.1. The molecule has 0 radical (unpaired) electrons. The predicted octanol–water partition coefficient (Wildman–Crippen LogP) is 4.71. The number of aromatic amines is 2. The van der Waals surface area contributed by atoms with Crippen molar-refractivity contribution in [3.63, 3.8) is 0 Å². The van der Waals surface area contributed by atoms with Gasteiger partial charge in [0.1, 0.15) is 0 Å². The van der Waals surface area contributed by atoms with Crippen LogP contribution in [0.5, 0.6) is 0 Å². The highest BCUT2D eigenvalue weighted by atomic mass is 127. The lowest BCUT2D eigenvalue weighted by Gasteiger charge is -2.13. The molecule has 0 amide bonds. The fourth-order valence-corrected chi connectivity index (χ4v) is 4.00. The second-order valence-electron chi connectivity index (χ2n) is 4.41. The summed E-state index contributed by atoms with van der Waals surface area (Å²) in [5, 5.41) is 0. The number of imidazole rings is 1. The number of nitrogens with one attached hydrogen (secondary N) is 2. The van der Waals surface area contributed by atoms with Gasteiger partial charge in [0.25, 0.3) is 0 Å². The number of benzene rings is 2. The van der Waals surface area contributed by atoms with Crippen molar-refractivity contribution in [2.45, 2.75) is 4.83 Å². The molecule has 1 heterocycles. The molecular formula is C14H9Br2IN2O. The molecule has 0 spiro atoms. The molecule has 1 atom stereocenters. The van der Waals surface area contributed by atoms with Crippen molar-refractivity contribution in [3.8, 4) is 0 Å². The largest absolute Gasteiger partial charge is 0.323 e. The van der Waals surface area contributed by atoms with Crippen LogP contribution < -0.4 is 5.69 Å². The van der Waals surface area contributed by atoms with E-state index in [0.717, 1.165) is 21.1 Å². The first-order chi connectivity index (χ1) is 9.54. The maximum absolute atomic E-state index is 11.3. The zero-order valence-electron chi connectivity index (χ0n) is 10.1. The molecule has 2 N–H and O–H groups in total. The van der Waals surface area contributed by atoms with Crippen LogP contribution in [-0.2, 0) is 0 Å². The van der Waals surface area contributed by atoms with Crippen molar-refractivity contribution in [3.05, 3.63) is 66.1 Å². The third kappa shape index (κ3) is 2.73. The average molecular weight is 508 g/mol. The Labute approximate surface area is 145 Å². The van der Waals surface area contributed by atoms with Gasteiger partial charge in [-0.15, -0.1) is 0 Å². The Kier molecular flexibility index (Phi) is 4.05. The molecule has 102 valence electrons. The first-order valence-electron chi connectivity index (χ1n) is 5.85. The fraction of sp³-hybridized carbons (Fsp3) is 0.0714. The summed E-state index contributed by atoms with van der Waals surface area (Å²) in [7, 11) is 0. The minimum absolute atomic E-state index is 0.0664. The second-order valence-corrected chi connectivity index (χ2v) is 7.43. The first-order valence-corrected chi connectivity index (χ1v) is 8.64. The van der Waals surface area contributed by atoms with E-state index in [4.69, 9.17) is 0 Å². The maximum atomic E-state index is 11.3. The summed E-state index contributed by atoms with van der Waals surface area (Å²) in [4.78, 5) is 17.0. The Hall–Kier alpha value is -0.600. The molecule has 3 nitrogen and oxygen atoms in total. The number of hydrogen-bond donors (Lipinski definition) is 2. The highest BCUT2D eigenvalue weighted by Gasteiger charge is 2.15. The van der Waals surface area contributed by atoms with Crippen LogP contribution in [0.2, 0.25) is 0 Å². The molecule has 20 heavy (non-hydrogen) atoms. The van der Waals surface area contributed by atoms with E-state index in [-0.39, 0.29) is 10.5 Å². The van der Waals surface area contributed by atoms with Crippen LogP contribution in [0.1, 0.15) is 16.0 Å². The van der Waals surface area contributed by atoms with Gasteiger partial charge in [-0.05, 0) is 58.0 Å². The molecule has 3 rings (SSSR count). The van der Waals surface area contributed by atoms with Crippen molar-refractivity contribution in [2.24, 2.45) is 0 Å².